The Morgan fingerprint density at radius 2 is 1.14 bits per heavy atom. The topological polar surface area (TPSA) is 0 Å². The van der Waals surface area contributed by atoms with Gasteiger partial charge in [0.1, 0.15) is 0 Å². The van der Waals surface area contributed by atoms with E-state index in [0.29, 0.717) is 0 Å². The van der Waals surface area contributed by atoms with E-state index < -0.39 is 8.07 Å². The number of hydrogen-bond acceptors (Lipinski definition) is 0. The summed E-state index contributed by atoms with van der Waals surface area (Å²) in [7, 11) is -1.90. The van der Waals surface area contributed by atoms with Gasteiger partial charge in [0.2, 0.25) is 0 Å². The van der Waals surface area contributed by atoms with Gasteiger partial charge in [0, 0.05) is 0 Å². The molecule has 2 atom stereocenters. The molecule has 0 aromatic heterocycles. The molecule has 2 rings (SSSR count). The summed E-state index contributed by atoms with van der Waals surface area (Å²) >= 11 is 2.59. The third-order valence-corrected chi connectivity index (χ3v) is 17.8. The first-order valence-electron chi connectivity index (χ1n) is 9.87. The Kier molecular flexibility index (Phi) is 12.9. The summed E-state index contributed by atoms with van der Waals surface area (Å²) in [6.07, 6.45) is 2.53. The van der Waals surface area contributed by atoms with Crippen LogP contribution in [-0.4, -0.2) is 8.07 Å². The Bertz CT molecular complexity index is 663. The molecule has 0 spiro atoms. The maximum atomic E-state index is 2.59. The van der Waals surface area contributed by atoms with Crippen molar-refractivity contribution in [2.75, 3.05) is 0 Å². The molecule has 0 radical (unpaired) electrons. The minimum absolute atomic E-state index is 0. The average molecular weight is 494 g/mol. The molecule has 1 aliphatic carbocycles. The first-order valence-corrected chi connectivity index (χ1v) is 12.8. The fraction of sp³-hybridized carbons (Fsp3) is 0.565. The Labute approximate surface area is 205 Å². The maximum Gasteiger partial charge on any atom is -1.00 e. The number of rotatable bonds is 6. The van der Waals surface area contributed by atoms with Crippen LogP contribution in [0.5, 0.6) is 0 Å². The van der Waals surface area contributed by atoms with Crippen LogP contribution in [0, 0.1) is 0 Å². The van der Waals surface area contributed by atoms with Gasteiger partial charge >= 0.3 is 169 Å². The molecule has 0 nitrogen and oxygen atoms in total. The summed E-state index contributed by atoms with van der Waals surface area (Å²) in [6.45, 7) is 19.4. The van der Waals surface area contributed by atoms with E-state index in [1.807, 2.05) is 0 Å². The predicted molar refractivity (Wildman–Crippen MR) is 111 cm³/mol. The van der Waals surface area contributed by atoms with Gasteiger partial charge in [-0.3, -0.25) is 0 Å². The van der Waals surface area contributed by atoms with E-state index in [9.17, 15) is 0 Å². The monoisotopic (exact) mass is 492 g/mol. The fourth-order valence-electron chi connectivity index (χ4n) is 5.40. The summed E-state index contributed by atoms with van der Waals surface area (Å²) in [4.78, 5) is 0. The zero-order valence-electron chi connectivity index (χ0n) is 18.6. The molecule has 1 aromatic rings. The largest absolute Gasteiger partial charge is 1.00 e. The van der Waals surface area contributed by atoms with Crippen LogP contribution < -0.4 is 42.4 Å². The molecular formula is C23H35Cl3SiTi. The number of allylic oxidation sites excluding steroid dienone is 4. The van der Waals surface area contributed by atoms with E-state index >= 15 is 0 Å². The van der Waals surface area contributed by atoms with Crippen molar-refractivity contribution in [2.24, 2.45) is 0 Å². The van der Waals surface area contributed by atoms with Gasteiger partial charge in [-0.25, -0.2) is 0 Å². The van der Waals surface area contributed by atoms with Gasteiger partial charge < -0.3 is 37.2 Å². The third-order valence-electron chi connectivity index (χ3n) is 7.46. The van der Waals surface area contributed by atoms with Gasteiger partial charge in [-0.1, -0.05) is 0 Å². The molecule has 0 saturated heterocycles. The molecule has 0 heterocycles. The van der Waals surface area contributed by atoms with E-state index in [1.54, 1.807) is 27.5 Å². The van der Waals surface area contributed by atoms with E-state index in [1.165, 1.54) is 12.8 Å². The molecule has 2 unspecified atom stereocenters. The van der Waals surface area contributed by atoms with Gasteiger partial charge in [0.15, 0.2) is 0 Å². The second-order valence-corrected chi connectivity index (χ2v) is 15.1. The van der Waals surface area contributed by atoms with E-state index in [4.69, 9.17) is 0 Å². The van der Waals surface area contributed by atoms with Gasteiger partial charge in [-0.05, 0) is 0 Å². The second kappa shape index (κ2) is 11.8. The zero-order valence-corrected chi connectivity index (χ0v) is 23.4. The molecule has 0 amide bonds. The van der Waals surface area contributed by atoms with E-state index in [0.717, 1.165) is 11.1 Å². The van der Waals surface area contributed by atoms with Crippen molar-refractivity contribution in [1.29, 1.82) is 0 Å². The summed E-state index contributed by atoms with van der Waals surface area (Å²) in [5.41, 5.74) is 7.85. The van der Waals surface area contributed by atoms with Crippen molar-refractivity contribution in [1.82, 2.24) is 0 Å². The van der Waals surface area contributed by atoms with Crippen LogP contribution in [0.15, 0.2) is 52.6 Å². The van der Waals surface area contributed by atoms with Crippen molar-refractivity contribution >= 4 is 13.3 Å². The first kappa shape index (κ1) is 30.7. The number of halogens is 3. The minimum Gasteiger partial charge on any atom is -1.00 e. The number of benzene rings is 1. The van der Waals surface area contributed by atoms with Crippen LogP contribution in [-0.2, 0) is 20.4 Å². The van der Waals surface area contributed by atoms with Crippen LogP contribution in [0.1, 0.15) is 68.2 Å². The summed E-state index contributed by atoms with van der Waals surface area (Å²) in [5, 5.41) is 1.66. The first-order chi connectivity index (χ1) is 11.7. The van der Waals surface area contributed by atoms with Gasteiger partial charge in [-0.15, -0.1) is 0 Å². The van der Waals surface area contributed by atoms with Crippen molar-refractivity contribution < 1.29 is 57.7 Å². The molecule has 28 heavy (non-hydrogen) atoms. The summed E-state index contributed by atoms with van der Waals surface area (Å²) in [6, 6.07) is 11.6. The second-order valence-electron chi connectivity index (χ2n) is 8.10. The Morgan fingerprint density at radius 1 is 0.786 bits per heavy atom. The average Bonchev–Trinajstić information content (AvgIpc) is 2.79. The zero-order chi connectivity index (χ0) is 19.0. The van der Waals surface area contributed by atoms with Crippen molar-refractivity contribution in [3.8, 4) is 0 Å². The fourth-order valence-corrected chi connectivity index (χ4v) is 16.6. The molecular weight excluding hydrogens is 459 g/mol. The Hall–Kier alpha value is 0.501. The summed E-state index contributed by atoms with van der Waals surface area (Å²) < 4.78 is 0.216. The van der Waals surface area contributed by atoms with Crippen LogP contribution in [0.2, 0.25) is 14.4 Å². The molecule has 0 saturated carbocycles. The molecule has 0 N–H and O–H groups in total. The SMILES string of the molecule is CCC(C)[Si](c1ccccc1)(C(C)CC)[C]1([Ti+3])C(C)=C(C)C(C)=C1C.[Cl-].[Cl-].[Cl-]. The molecule has 1 aliphatic rings. The smallest absolute Gasteiger partial charge is 1.00 e. The van der Waals surface area contributed by atoms with Crippen LogP contribution >= 0.6 is 0 Å². The maximum absolute atomic E-state index is 2.59. The predicted octanol–water partition coefficient (Wildman–Crippen LogP) is -2.11. The van der Waals surface area contributed by atoms with Crippen LogP contribution in [0.25, 0.3) is 0 Å². The quantitative estimate of drug-likeness (QED) is 0.398. The van der Waals surface area contributed by atoms with Gasteiger partial charge in [-0.2, -0.15) is 0 Å². The Balaban J connectivity index is 0. The molecule has 156 valence electrons. The normalized spacial score (nSPS) is 19.8. The minimum atomic E-state index is -1.90. The molecule has 0 fully saturated rings. The molecule has 0 bridgehead atoms. The van der Waals surface area contributed by atoms with Gasteiger partial charge in [0.25, 0.3) is 0 Å². The van der Waals surface area contributed by atoms with Crippen molar-refractivity contribution in [2.45, 2.75) is 82.7 Å². The van der Waals surface area contributed by atoms with E-state index in [-0.39, 0.29) is 40.6 Å². The number of hydrogen-bond donors (Lipinski definition) is 0. The Morgan fingerprint density at radius 3 is 1.46 bits per heavy atom. The molecule has 1 aromatic carbocycles. The van der Waals surface area contributed by atoms with Crippen molar-refractivity contribution in [3.05, 3.63) is 52.6 Å². The van der Waals surface area contributed by atoms with Gasteiger partial charge in [0.05, 0.1) is 0 Å². The van der Waals surface area contributed by atoms with Crippen molar-refractivity contribution in [3.63, 3.8) is 0 Å². The summed E-state index contributed by atoms with van der Waals surface area (Å²) in [5.74, 6) is 0. The van der Waals surface area contributed by atoms with E-state index in [2.05, 4.69) is 106 Å². The van der Waals surface area contributed by atoms with Crippen LogP contribution in [0.4, 0.5) is 0 Å². The third kappa shape index (κ3) is 4.27. The standard InChI is InChI=1S/C23H35Si.3ClH.Ti/c1-9-16(3)24(17(4)10-2,22-14-12-11-13-15-22)23-20(7)18(5)19(6)21(23)8;;;;/h11-17H,9-10H2,1-8H3;3*1H;/q;;;;+3/p-3. The molecule has 0 aliphatic heterocycles. The van der Waals surface area contributed by atoms with Crippen LogP contribution in [0.3, 0.4) is 0 Å². The molecule has 5 heteroatoms.